The minimum absolute atomic E-state index is 0.170. The van der Waals surface area contributed by atoms with Gasteiger partial charge in [-0.15, -0.1) is 0 Å². The van der Waals surface area contributed by atoms with Crippen LogP contribution in [-0.4, -0.2) is 18.6 Å². The Morgan fingerprint density at radius 1 is 1.10 bits per heavy atom. The van der Waals surface area contributed by atoms with E-state index < -0.39 is 5.82 Å². The number of halogens is 1. The van der Waals surface area contributed by atoms with Gasteiger partial charge in [-0.05, 0) is 13.0 Å². The molecular formula is C16H14FNO2. The molecule has 2 rings (SSSR count). The lowest BCUT2D eigenvalue weighted by Gasteiger charge is -2.09. The fraction of sp³-hybridized carbons (Fsp3) is 0.125. The molecule has 102 valence electrons. The first-order valence-electron chi connectivity index (χ1n) is 6.11. The molecule has 0 saturated heterocycles. The molecule has 0 aliphatic heterocycles. The zero-order valence-electron chi connectivity index (χ0n) is 11.3. The Hall–Kier alpha value is -2.49. The summed E-state index contributed by atoms with van der Waals surface area (Å²) in [6.45, 7) is 1.60. The van der Waals surface area contributed by atoms with E-state index in [2.05, 4.69) is 9.99 Å². The van der Waals surface area contributed by atoms with Gasteiger partial charge in [-0.1, -0.05) is 47.6 Å². The summed E-state index contributed by atoms with van der Waals surface area (Å²) in [6.07, 6.45) is 0. The number of oxime groups is 1. The van der Waals surface area contributed by atoms with Crippen LogP contribution in [0.15, 0.2) is 53.7 Å². The second-order valence-corrected chi connectivity index (χ2v) is 4.22. The van der Waals surface area contributed by atoms with E-state index in [0.29, 0.717) is 11.3 Å². The molecule has 2 aromatic carbocycles. The highest BCUT2D eigenvalue weighted by molar-refractivity contribution is 6.16. The zero-order valence-corrected chi connectivity index (χ0v) is 11.3. The van der Waals surface area contributed by atoms with Gasteiger partial charge in [-0.25, -0.2) is 4.39 Å². The minimum Gasteiger partial charge on any atom is -0.399 e. The Morgan fingerprint density at radius 3 is 2.45 bits per heavy atom. The molecule has 0 radical (unpaired) electrons. The number of nitrogens with zero attached hydrogens (tertiary/aromatic N) is 1. The summed E-state index contributed by atoms with van der Waals surface area (Å²) in [7, 11) is 1.38. The van der Waals surface area contributed by atoms with E-state index in [1.165, 1.54) is 19.2 Å². The lowest BCUT2D eigenvalue weighted by Crippen LogP contribution is -2.11. The monoisotopic (exact) mass is 271 g/mol. The van der Waals surface area contributed by atoms with Crippen molar-refractivity contribution in [3.63, 3.8) is 0 Å². The Morgan fingerprint density at radius 2 is 1.80 bits per heavy atom. The van der Waals surface area contributed by atoms with Crippen molar-refractivity contribution in [3.8, 4) is 0 Å². The number of rotatable bonds is 4. The van der Waals surface area contributed by atoms with Gasteiger partial charge in [0.15, 0.2) is 5.78 Å². The summed E-state index contributed by atoms with van der Waals surface area (Å²) in [6, 6.07) is 13.1. The largest absolute Gasteiger partial charge is 0.399 e. The molecule has 0 fully saturated rings. The Bertz CT molecular complexity index is 651. The molecular weight excluding hydrogens is 257 g/mol. The maximum Gasteiger partial charge on any atom is 0.193 e. The molecule has 0 atom stereocenters. The van der Waals surface area contributed by atoms with Crippen molar-refractivity contribution in [2.75, 3.05) is 7.11 Å². The molecule has 0 saturated carbocycles. The highest BCUT2D eigenvalue weighted by Crippen LogP contribution is 2.19. The van der Waals surface area contributed by atoms with Crippen LogP contribution in [0, 0.1) is 5.82 Å². The molecule has 20 heavy (non-hydrogen) atoms. The van der Waals surface area contributed by atoms with Gasteiger partial charge in [0.25, 0.3) is 0 Å². The average Bonchev–Trinajstić information content (AvgIpc) is 2.47. The lowest BCUT2D eigenvalue weighted by molar-refractivity contribution is 0.103. The van der Waals surface area contributed by atoms with Gasteiger partial charge in [-0.3, -0.25) is 4.79 Å². The quantitative estimate of drug-likeness (QED) is 0.485. The van der Waals surface area contributed by atoms with Crippen LogP contribution in [0.1, 0.15) is 28.4 Å². The van der Waals surface area contributed by atoms with Crippen molar-refractivity contribution in [3.05, 3.63) is 71.0 Å². The standard InChI is InChI=1S/C16H14FNO2/c1-11(18-20-2)15-13(9-6-10-14(15)17)16(19)12-7-4-3-5-8-12/h3-10H,1-2H3/b18-11-. The van der Waals surface area contributed by atoms with E-state index in [9.17, 15) is 9.18 Å². The zero-order chi connectivity index (χ0) is 14.5. The smallest absolute Gasteiger partial charge is 0.193 e. The molecule has 0 spiro atoms. The van der Waals surface area contributed by atoms with Crippen molar-refractivity contribution in [2.24, 2.45) is 5.16 Å². The van der Waals surface area contributed by atoms with Crippen molar-refractivity contribution in [1.82, 2.24) is 0 Å². The fourth-order valence-corrected chi connectivity index (χ4v) is 2.01. The molecule has 2 aromatic rings. The van der Waals surface area contributed by atoms with Crippen LogP contribution < -0.4 is 0 Å². The highest BCUT2D eigenvalue weighted by Gasteiger charge is 2.18. The van der Waals surface area contributed by atoms with Crippen LogP contribution >= 0.6 is 0 Å². The van der Waals surface area contributed by atoms with E-state index in [1.54, 1.807) is 37.3 Å². The first-order valence-corrected chi connectivity index (χ1v) is 6.11. The molecule has 3 nitrogen and oxygen atoms in total. The first kappa shape index (κ1) is 13.9. The number of ketones is 1. The highest BCUT2D eigenvalue weighted by atomic mass is 19.1. The normalized spacial score (nSPS) is 11.2. The number of carbonyl (C=O) groups is 1. The Balaban J connectivity index is 2.55. The van der Waals surface area contributed by atoms with E-state index in [-0.39, 0.29) is 16.9 Å². The van der Waals surface area contributed by atoms with Gasteiger partial charge in [0.1, 0.15) is 12.9 Å². The molecule has 4 heteroatoms. The van der Waals surface area contributed by atoms with Crippen LogP contribution in [0.3, 0.4) is 0 Å². The van der Waals surface area contributed by atoms with E-state index in [4.69, 9.17) is 0 Å². The summed E-state index contributed by atoms with van der Waals surface area (Å²) in [5.74, 6) is -0.740. The molecule has 0 heterocycles. The van der Waals surface area contributed by atoms with E-state index >= 15 is 0 Å². The van der Waals surface area contributed by atoms with Crippen LogP contribution in [0.2, 0.25) is 0 Å². The maximum atomic E-state index is 14.0. The second-order valence-electron chi connectivity index (χ2n) is 4.22. The molecule has 0 aromatic heterocycles. The van der Waals surface area contributed by atoms with E-state index in [1.807, 2.05) is 6.07 Å². The molecule has 0 aliphatic carbocycles. The van der Waals surface area contributed by atoms with Crippen LogP contribution in [0.5, 0.6) is 0 Å². The molecule has 0 bridgehead atoms. The lowest BCUT2D eigenvalue weighted by atomic mass is 9.96. The molecule has 0 N–H and O–H groups in total. The van der Waals surface area contributed by atoms with Gasteiger partial charge in [0.2, 0.25) is 0 Å². The first-order chi connectivity index (χ1) is 9.65. The van der Waals surface area contributed by atoms with Gasteiger partial charge in [0, 0.05) is 16.7 Å². The minimum atomic E-state index is -0.495. The van der Waals surface area contributed by atoms with Crippen molar-refractivity contribution >= 4 is 11.5 Å². The third-order valence-electron chi connectivity index (χ3n) is 2.88. The third kappa shape index (κ3) is 2.74. The van der Waals surface area contributed by atoms with Gasteiger partial charge >= 0.3 is 0 Å². The topological polar surface area (TPSA) is 38.7 Å². The SMILES string of the molecule is CO/N=C(/C)c1c(F)cccc1C(=O)c1ccccc1. The number of hydrogen-bond donors (Lipinski definition) is 0. The average molecular weight is 271 g/mol. The van der Waals surface area contributed by atoms with Crippen LogP contribution in [0.4, 0.5) is 4.39 Å². The number of benzene rings is 2. The van der Waals surface area contributed by atoms with Gasteiger partial charge < -0.3 is 4.84 Å². The van der Waals surface area contributed by atoms with Crippen LogP contribution in [0.25, 0.3) is 0 Å². The summed E-state index contributed by atoms with van der Waals surface area (Å²) in [5, 5.41) is 3.72. The van der Waals surface area contributed by atoms with Gasteiger partial charge in [-0.2, -0.15) is 0 Å². The predicted molar refractivity (Wildman–Crippen MR) is 75.5 cm³/mol. The van der Waals surface area contributed by atoms with Crippen molar-refractivity contribution in [2.45, 2.75) is 6.92 Å². The van der Waals surface area contributed by atoms with Crippen LogP contribution in [-0.2, 0) is 4.84 Å². The number of hydrogen-bond acceptors (Lipinski definition) is 3. The molecule has 0 aliphatic rings. The number of carbonyl (C=O) groups excluding carboxylic acids is 1. The predicted octanol–water partition coefficient (Wildman–Crippen LogP) is 3.43. The fourth-order valence-electron chi connectivity index (χ4n) is 2.01. The summed E-state index contributed by atoms with van der Waals surface area (Å²) in [4.78, 5) is 17.1. The summed E-state index contributed by atoms with van der Waals surface area (Å²) < 4.78 is 14.0. The van der Waals surface area contributed by atoms with E-state index in [0.717, 1.165) is 0 Å². The Labute approximate surface area is 116 Å². The molecule has 0 unspecified atom stereocenters. The van der Waals surface area contributed by atoms with Crippen molar-refractivity contribution < 1.29 is 14.0 Å². The summed E-state index contributed by atoms with van der Waals surface area (Å²) >= 11 is 0. The second kappa shape index (κ2) is 6.10. The van der Waals surface area contributed by atoms with Gasteiger partial charge in [0.05, 0.1) is 5.71 Å². The third-order valence-corrected chi connectivity index (χ3v) is 2.88. The maximum absolute atomic E-state index is 14.0. The summed E-state index contributed by atoms with van der Waals surface area (Å²) in [5.41, 5.74) is 1.27. The Kier molecular flexibility index (Phi) is 4.25. The van der Waals surface area contributed by atoms with Crippen molar-refractivity contribution in [1.29, 1.82) is 0 Å². The molecule has 0 amide bonds.